The van der Waals surface area contributed by atoms with Gasteiger partial charge in [-0.25, -0.2) is 9.78 Å². The second kappa shape index (κ2) is 5.48. The summed E-state index contributed by atoms with van der Waals surface area (Å²) in [6, 6.07) is 8.01. The average molecular weight is 297 g/mol. The van der Waals surface area contributed by atoms with E-state index in [9.17, 15) is 4.79 Å². The van der Waals surface area contributed by atoms with Gasteiger partial charge in [-0.3, -0.25) is 5.32 Å². The molecule has 2 aromatic rings. The van der Waals surface area contributed by atoms with E-state index in [4.69, 9.17) is 4.42 Å². The van der Waals surface area contributed by atoms with E-state index in [0.717, 1.165) is 24.1 Å². The van der Waals surface area contributed by atoms with Crippen LogP contribution >= 0.6 is 0 Å². The molecule has 0 unspecified atom stereocenters. The van der Waals surface area contributed by atoms with Crippen molar-refractivity contribution >= 4 is 11.8 Å². The number of furan rings is 1. The van der Waals surface area contributed by atoms with Crippen LogP contribution in [0.3, 0.4) is 0 Å². The van der Waals surface area contributed by atoms with Crippen LogP contribution in [-0.4, -0.2) is 22.0 Å². The molecule has 2 aliphatic carbocycles. The summed E-state index contributed by atoms with van der Waals surface area (Å²) in [6.07, 6.45) is 7.88. The highest BCUT2D eigenvalue weighted by molar-refractivity contribution is 5.88. The van der Waals surface area contributed by atoms with E-state index in [2.05, 4.69) is 10.3 Å². The smallest absolute Gasteiger partial charge is 0.323 e. The van der Waals surface area contributed by atoms with Crippen molar-refractivity contribution in [2.45, 2.75) is 44.2 Å². The Morgan fingerprint density at radius 2 is 2.14 bits per heavy atom. The number of anilines is 1. The Morgan fingerprint density at radius 3 is 2.82 bits per heavy atom. The summed E-state index contributed by atoms with van der Waals surface area (Å²) in [5, 5.41) is 2.94. The third kappa shape index (κ3) is 2.98. The molecule has 1 N–H and O–H groups in total. The summed E-state index contributed by atoms with van der Waals surface area (Å²) in [5.74, 6) is 1.23. The van der Waals surface area contributed by atoms with Crippen LogP contribution in [0.4, 0.5) is 10.6 Å². The van der Waals surface area contributed by atoms with Crippen molar-refractivity contribution in [1.29, 1.82) is 0 Å². The van der Waals surface area contributed by atoms with Gasteiger partial charge >= 0.3 is 6.03 Å². The fourth-order valence-corrected chi connectivity index (χ4v) is 2.64. The summed E-state index contributed by atoms with van der Waals surface area (Å²) in [6.45, 7) is 0.579. The van der Waals surface area contributed by atoms with E-state index in [0.29, 0.717) is 24.3 Å². The molecule has 22 heavy (non-hydrogen) atoms. The van der Waals surface area contributed by atoms with Crippen LogP contribution in [0, 0.1) is 0 Å². The molecule has 0 bridgehead atoms. The van der Waals surface area contributed by atoms with Gasteiger partial charge in [0.15, 0.2) is 0 Å². The van der Waals surface area contributed by atoms with Gasteiger partial charge in [-0.1, -0.05) is 6.07 Å². The van der Waals surface area contributed by atoms with Crippen LogP contribution in [0.1, 0.15) is 42.9 Å². The van der Waals surface area contributed by atoms with Crippen molar-refractivity contribution in [2.75, 3.05) is 5.32 Å². The molecular formula is C17H19N3O2. The van der Waals surface area contributed by atoms with Gasteiger partial charge in [0, 0.05) is 23.2 Å². The van der Waals surface area contributed by atoms with Crippen molar-refractivity contribution in [1.82, 2.24) is 9.88 Å². The van der Waals surface area contributed by atoms with Crippen LogP contribution in [-0.2, 0) is 6.54 Å². The maximum atomic E-state index is 12.6. The summed E-state index contributed by atoms with van der Waals surface area (Å²) in [4.78, 5) is 19.0. The van der Waals surface area contributed by atoms with Crippen molar-refractivity contribution < 1.29 is 9.21 Å². The predicted molar refractivity (Wildman–Crippen MR) is 82.5 cm³/mol. The normalized spacial score (nSPS) is 17.3. The number of rotatable bonds is 5. The Bertz CT molecular complexity index is 660. The lowest BCUT2D eigenvalue weighted by Crippen LogP contribution is -2.36. The van der Waals surface area contributed by atoms with Crippen LogP contribution in [0.15, 0.2) is 41.2 Å². The maximum Gasteiger partial charge on any atom is 0.323 e. The highest BCUT2D eigenvalue weighted by Gasteiger charge is 2.33. The molecule has 5 nitrogen and oxygen atoms in total. The summed E-state index contributed by atoms with van der Waals surface area (Å²) in [5.41, 5.74) is 2.10. The lowest BCUT2D eigenvalue weighted by molar-refractivity contribution is 0.206. The monoisotopic (exact) mass is 297 g/mol. The quantitative estimate of drug-likeness (QED) is 0.914. The van der Waals surface area contributed by atoms with E-state index in [1.54, 1.807) is 12.5 Å². The van der Waals surface area contributed by atoms with E-state index in [1.807, 2.05) is 29.2 Å². The number of hydrogen-bond acceptors (Lipinski definition) is 3. The van der Waals surface area contributed by atoms with E-state index in [-0.39, 0.29) is 6.03 Å². The van der Waals surface area contributed by atoms with Crippen LogP contribution in [0.5, 0.6) is 0 Å². The first-order valence-electron chi connectivity index (χ1n) is 7.85. The Balaban J connectivity index is 1.46. The van der Waals surface area contributed by atoms with Crippen LogP contribution < -0.4 is 5.32 Å². The third-order valence-electron chi connectivity index (χ3n) is 4.18. The molecule has 2 aliphatic rings. The highest BCUT2D eigenvalue weighted by atomic mass is 16.3. The molecule has 0 radical (unpaired) electrons. The van der Waals surface area contributed by atoms with Crippen molar-refractivity contribution in [2.24, 2.45) is 0 Å². The lowest BCUT2D eigenvalue weighted by Gasteiger charge is -2.22. The zero-order chi connectivity index (χ0) is 14.9. The topological polar surface area (TPSA) is 58.4 Å². The van der Waals surface area contributed by atoms with Crippen LogP contribution in [0.25, 0.3) is 0 Å². The molecule has 2 heterocycles. The van der Waals surface area contributed by atoms with Gasteiger partial charge in [0.05, 0.1) is 19.1 Å². The SMILES string of the molecule is O=C(Nc1cccc(C2CC2)n1)N(Cc1ccoc1)C1CC1. The van der Waals surface area contributed by atoms with Gasteiger partial charge in [0.25, 0.3) is 0 Å². The highest BCUT2D eigenvalue weighted by Crippen LogP contribution is 2.39. The molecule has 2 aromatic heterocycles. The van der Waals surface area contributed by atoms with Crippen molar-refractivity contribution in [3.8, 4) is 0 Å². The molecule has 2 saturated carbocycles. The summed E-state index contributed by atoms with van der Waals surface area (Å²) >= 11 is 0. The summed E-state index contributed by atoms with van der Waals surface area (Å²) in [7, 11) is 0. The zero-order valence-corrected chi connectivity index (χ0v) is 12.4. The molecule has 2 fully saturated rings. The Labute approximate surface area is 129 Å². The second-order valence-corrected chi connectivity index (χ2v) is 6.14. The van der Waals surface area contributed by atoms with Crippen molar-refractivity contribution in [3.05, 3.63) is 48.0 Å². The number of carbonyl (C=O) groups excluding carboxylic acids is 1. The van der Waals surface area contributed by atoms with Crippen LogP contribution in [0.2, 0.25) is 0 Å². The minimum atomic E-state index is -0.0795. The number of pyridine rings is 1. The number of nitrogens with zero attached hydrogens (tertiary/aromatic N) is 2. The number of nitrogens with one attached hydrogen (secondary N) is 1. The Morgan fingerprint density at radius 1 is 1.27 bits per heavy atom. The molecule has 5 heteroatoms. The van der Waals surface area contributed by atoms with E-state index >= 15 is 0 Å². The average Bonchev–Trinajstić information content (AvgIpc) is 3.44. The van der Waals surface area contributed by atoms with Gasteiger partial charge in [-0.2, -0.15) is 0 Å². The maximum absolute atomic E-state index is 12.6. The minimum absolute atomic E-state index is 0.0795. The van der Waals surface area contributed by atoms with Gasteiger partial charge < -0.3 is 9.32 Å². The number of urea groups is 1. The first-order chi connectivity index (χ1) is 10.8. The molecule has 0 spiro atoms. The summed E-state index contributed by atoms with van der Waals surface area (Å²) < 4.78 is 5.09. The Kier molecular flexibility index (Phi) is 3.33. The number of amides is 2. The molecule has 0 atom stereocenters. The van der Waals surface area contributed by atoms with Crippen molar-refractivity contribution in [3.63, 3.8) is 0 Å². The fraction of sp³-hybridized carbons (Fsp3) is 0.412. The molecule has 0 aromatic carbocycles. The molecule has 4 rings (SSSR count). The first kappa shape index (κ1) is 13.4. The first-order valence-corrected chi connectivity index (χ1v) is 7.85. The Hall–Kier alpha value is -2.30. The molecular weight excluding hydrogens is 278 g/mol. The molecule has 114 valence electrons. The largest absolute Gasteiger partial charge is 0.472 e. The van der Waals surface area contributed by atoms with Gasteiger partial charge in [-0.15, -0.1) is 0 Å². The predicted octanol–water partition coefficient (Wildman–Crippen LogP) is 3.75. The number of hydrogen-bond donors (Lipinski definition) is 1. The molecule has 0 saturated heterocycles. The zero-order valence-electron chi connectivity index (χ0n) is 12.4. The minimum Gasteiger partial charge on any atom is -0.472 e. The third-order valence-corrected chi connectivity index (χ3v) is 4.18. The number of carbonyl (C=O) groups is 1. The standard InChI is InChI=1S/C17H19N3O2/c21-17(19-16-3-1-2-15(18-16)13-4-5-13)20(14-6-7-14)10-12-8-9-22-11-12/h1-3,8-9,11,13-14H,4-7,10H2,(H,18,19,21). The van der Waals surface area contributed by atoms with E-state index < -0.39 is 0 Å². The number of aromatic nitrogens is 1. The van der Waals surface area contributed by atoms with Gasteiger partial charge in [-0.05, 0) is 43.9 Å². The van der Waals surface area contributed by atoms with Gasteiger partial charge in [0.1, 0.15) is 5.82 Å². The molecule has 2 amide bonds. The molecule has 0 aliphatic heterocycles. The van der Waals surface area contributed by atoms with E-state index in [1.165, 1.54) is 12.8 Å². The lowest BCUT2D eigenvalue weighted by atomic mass is 10.2. The fourth-order valence-electron chi connectivity index (χ4n) is 2.64. The van der Waals surface area contributed by atoms with Gasteiger partial charge in [0.2, 0.25) is 0 Å². The second-order valence-electron chi connectivity index (χ2n) is 6.14.